The first-order valence-corrected chi connectivity index (χ1v) is 5.24. The van der Waals surface area contributed by atoms with E-state index in [2.05, 4.69) is 30.6 Å². The lowest BCUT2D eigenvalue weighted by Crippen LogP contribution is -2.44. The van der Waals surface area contributed by atoms with E-state index in [1.54, 1.807) is 0 Å². The summed E-state index contributed by atoms with van der Waals surface area (Å²) in [6, 6.07) is 0. The zero-order valence-electron chi connectivity index (χ0n) is 10.8. The van der Waals surface area contributed by atoms with Gasteiger partial charge in [-0.25, -0.2) is 0 Å². The highest BCUT2D eigenvalue weighted by Crippen LogP contribution is 2.20. The molecule has 0 saturated carbocycles. The fourth-order valence-electron chi connectivity index (χ4n) is 1.16. The third kappa shape index (κ3) is 4.94. The minimum Gasteiger partial charge on any atom is -0.349 e. The first-order chi connectivity index (χ1) is 6.30. The molecule has 0 aromatic heterocycles. The van der Waals surface area contributed by atoms with E-state index in [9.17, 15) is 0 Å². The molecule has 14 heavy (non-hydrogen) atoms. The van der Waals surface area contributed by atoms with Crippen LogP contribution in [0.3, 0.4) is 0 Å². The van der Waals surface area contributed by atoms with Crippen LogP contribution in [0.5, 0.6) is 0 Å². The van der Waals surface area contributed by atoms with Gasteiger partial charge in [-0.2, -0.15) is 0 Å². The maximum Gasteiger partial charge on any atom is 0.167 e. The van der Waals surface area contributed by atoms with Crippen molar-refractivity contribution in [3.8, 4) is 0 Å². The van der Waals surface area contributed by atoms with Crippen LogP contribution in [0.2, 0.25) is 0 Å². The van der Waals surface area contributed by atoms with Crippen LogP contribution in [0.4, 0.5) is 0 Å². The van der Waals surface area contributed by atoms with Crippen LogP contribution in [-0.4, -0.2) is 50.9 Å². The van der Waals surface area contributed by atoms with E-state index in [0.29, 0.717) is 0 Å². The van der Waals surface area contributed by atoms with Crippen LogP contribution in [0.1, 0.15) is 27.2 Å². The zero-order valence-corrected chi connectivity index (χ0v) is 10.8. The van der Waals surface area contributed by atoms with Gasteiger partial charge in [-0.1, -0.05) is 20.8 Å². The third-order valence-electron chi connectivity index (χ3n) is 2.46. The first kappa shape index (κ1) is 13.9. The molecule has 3 nitrogen and oxygen atoms in total. The molecule has 0 aromatic carbocycles. The summed E-state index contributed by atoms with van der Waals surface area (Å²) >= 11 is 0. The summed E-state index contributed by atoms with van der Waals surface area (Å²) in [6.07, 6.45) is 1.21. The van der Waals surface area contributed by atoms with Crippen molar-refractivity contribution in [2.75, 3.05) is 34.8 Å². The molecule has 0 unspecified atom stereocenters. The average molecular weight is 202 g/mol. The van der Waals surface area contributed by atoms with Crippen molar-refractivity contribution < 1.29 is 4.74 Å². The van der Waals surface area contributed by atoms with Crippen LogP contribution in [-0.2, 0) is 4.74 Å². The molecule has 0 saturated heterocycles. The largest absolute Gasteiger partial charge is 0.349 e. The molecule has 0 radical (unpaired) electrons. The minimum absolute atomic E-state index is 0.0702. The molecule has 0 aliphatic rings. The zero-order chi connectivity index (χ0) is 11.4. The van der Waals surface area contributed by atoms with Crippen LogP contribution in [0.25, 0.3) is 0 Å². The predicted octanol–water partition coefficient (Wildman–Crippen LogP) is 1.85. The standard InChI is InChI=1S/C11H26N2O/c1-8-11(2,3)9-14-10(12(4)5)13(6)7/h10H,8-9H2,1-7H3. The van der Waals surface area contributed by atoms with Gasteiger partial charge in [0, 0.05) is 0 Å². The molecule has 0 N–H and O–H groups in total. The van der Waals surface area contributed by atoms with Gasteiger partial charge in [0.25, 0.3) is 0 Å². The normalized spacial score (nSPS) is 13.3. The molecular weight excluding hydrogens is 176 g/mol. The molecule has 0 bridgehead atoms. The summed E-state index contributed by atoms with van der Waals surface area (Å²) in [6.45, 7) is 7.46. The highest BCUT2D eigenvalue weighted by atomic mass is 16.5. The highest BCUT2D eigenvalue weighted by Gasteiger charge is 2.20. The second-order valence-corrected chi connectivity index (χ2v) is 5.08. The molecule has 0 fully saturated rings. The number of hydrogen-bond donors (Lipinski definition) is 0. The molecule has 0 spiro atoms. The maximum absolute atomic E-state index is 5.87. The van der Waals surface area contributed by atoms with Crippen LogP contribution in [0, 0.1) is 5.41 Å². The summed E-state index contributed by atoms with van der Waals surface area (Å²) in [5, 5.41) is 0. The van der Waals surface area contributed by atoms with Crippen LogP contribution in [0.15, 0.2) is 0 Å². The molecule has 0 atom stereocenters. The lowest BCUT2D eigenvalue weighted by Gasteiger charge is -2.33. The highest BCUT2D eigenvalue weighted by molar-refractivity contribution is 4.65. The van der Waals surface area contributed by atoms with Crippen molar-refractivity contribution >= 4 is 0 Å². The summed E-state index contributed by atoms with van der Waals surface area (Å²) in [5.41, 5.74) is 0.268. The quantitative estimate of drug-likeness (QED) is 0.611. The number of rotatable bonds is 6. The SMILES string of the molecule is CCC(C)(C)COC(N(C)C)N(C)C. The second kappa shape index (κ2) is 5.69. The van der Waals surface area contributed by atoms with Crippen molar-refractivity contribution in [1.82, 2.24) is 9.80 Å². The van der Waals surface area contributed by atoms with Crippen molar-refractivity contribution in [3.05, 3.63) is 0 Å². The van der Waals surface area contributed by atoms with Gasteiger partial charge in [-0.3, -0.25) is 9.80 Å². The van der Waals surface area contributed by atoms with Crippen LogP contribution >= 0.6 is 0 Å². The Hall–Kier alpha value is -0.120. The molecule has 0 aliphatic heterocycles. The topological polar surface area (TPSA) is 15.7 Å². The summed E-state index contributed by atoms with van der Waals surface area (Å²) in [4.78, 5) is 4.15. The van der Waals surface area contributed by atoms with Crippen molar-refractivity contribution in [2.24, 2.45) is 5.41 Å². The Morgan fingerprint density at radius 1 is 1.07 bits per heavy atom. The Labute approximate surface area is 89.0 Å². The van der Waals surface area contributed by atoms with Gasteiger partial charge < -0.3 is 4.74 Å². The molecule has 0 aliphatic carbocycles. The van der Waals surface area contributed by atoms with Gasteiger partial charge >= 0.3 is 0 Å². The van der Waals surface area contributed by atoms with Crippen molar-refractivity contribution in [3.63, 3.8) is 0 Å². The van der Waals surface area contributed by atoms with E-state index in [-0.39, 0.29) is 11.8 Å². The van der Waals surface area contributed by atoms with E-state index >= 15 is 0 Å². The smallest absolute Gasteiger partial charge is 0.167 e. The summed E-state index contributed by atoms with van der Waals surface area (Å²) in [7, 11) is 8.13. The minimum atomic E-state index is 0.0702. The predicted molar refractivity (Wildman–Crippen MR) is 61.2 cm³/mol. The molecule has 0 aromatic rings. The molecule has 0 rings (SSSR count). The number of nitrogens with zero attached hydrogens (tertiary/aromatic N) is 2. The Bertz CT molecular complexity index is 147. The van der Waals surface area contributed by atoms with Crippen LogP contribution < -0.4 is 0 Å². The second-order valence-electron chi connectivity index (χ2n) is 5.08. The van der Waals surface area contributed by atoms with Gasteiger partial charge in [-0.05, 0) is 40.0 Å². The Kier molecular flexibility index (Phi) is 5.64. The lowest BCUT2D eigenvalue weighted by atomic mass is 9.92. The Balaban J connectivity index is 4.07. The lowest BCUT2D eigenvalue weighted by molar-refractivity contribution is -0.137. The third-order valence-corrected chi connectivity index (χ3v) is 2.46. The van der Waals surface area contributed by atoms with Gasteiger partial charge in [0.1, 0.15) is 0 Å². The molecule has 0 amide bonds. The molecule has 86 valence electrons. The van der Waals surface area contributed by atoms with Gasteiger partial charge in [0.2, 0.25) is 0 Å². The van der Waals surface area contributed by atoms with Gasteiger partial charge in [-0.15, -0.1) is 0 Å². The van der Waals surface area contributed by atoms with E-state index in [4.69, 9.17) is 4.74 Å². The summed E-state index contributed by atoms with van der Waals surface area (Å²) in [5.74, 6) is 0. The average Bonchev–Trinajstić information content (AvgIpc) is 2.03. The number of ether oxygens (including phenoxy) is 1. The molecule has 3 heteroatoms. The van der Waals surface area contributed by atoms with Crippen molar-refractivity contribution in [1.29, 1.82) is 0 Å². The van der Waals surface area contributed by atoms with E-state index in [0.717, 1.165) is 13.0 Å². The van der Waals surface area contributed by atoms with Crippen molar-refractivity contribution in [2.45, 2.75) is 33.5 Å². The molecular formula is C11H26N2O. The van der Waals surface area contributed by atoms with Gasteiger partial charge in [0.15, 0.2) is 6.35 Å². The fourth-order valence-corrected chi connectivity index (χ4v) is 1.16. The number of hydrogen-bond acceptors (Lipinski definition) is 3. The monoisotopic (exact) mass is 202 g/mol. The Morgan fingerprint density at radius 2 is 1.50 bits per heavy atom. The van der Waals surface area contributed by atoms with E-state index in [1.807, 2.05) is 28.2 Å². The van der Waals surface area contributed by atoms with E-state index in [1.165, 1.54) is 0 Å². The van der Waals surface area contributed by atoms with E-state index < -0.39 is 0 Å². The summed E-state index contributed by atoms with van der Waals surface area (Å²) < 4.78 is 5.87. The molecule has 0 heterocycles. The maximum atomic E-state index is 5.87. The Morgan fingerprint density at radius 3 is 1.79 bits per heavy atom. The fraction of sp³-hybridized carbons (Fsp3) is 1.00. The first-order valence-electron chi connectivity index (χ1n) is 5.24. The van der Waals surface area contributed by atoms with Gasteiger partial charge in [0.05, 0.1) is 6.61 Å².